The lowest BCUT2D eigenvalue weighted by Gasteiger charge is -2.09. The van der Waals surface area contributed by atoms with Gasteiger partial charge in [0.25, 0.3) is 0 Å². The quantitative estimate of drug-likeness (QED) is 0.723. The van der Waals surface area contributed by atoms with Gasteiger partial charge >= 0.3 is 0 Å². The van der Waals surface area contributed by atoms with Crippen molar-refractivity contribution >= 4 is 5.69 Å². The van der Waals surface area contributed by atoms with Gasteiger partial charge in [0.2, 0.25) is 0 Å². The van der Waals surface area contributed by atoms with Crippen molar-refractivity contribution in [2.24, 2.45) is 0 Å². The minimum atomic E-state index is 0.707. The highest BCUT2D eigenvalue weighted by Gasteiger charge is 2.12. The fourth-order valence-corrected chi connectivity index (χ4v) is 2.11. The molecule has 0 atom stereocenters. The van der Waals surface area contributed by atoms with Gasteiger partial charge in [-0.1, -0.05) is 12.1 Å². The second-order valence-corrected chi connectivity index (χ2v) is 4.83. The van der Waals surface area contributed by atoms with Crippen LogP contribution in [-0.2, 0) is 0 Å². The average Bonchev–Trinajstić information content (AvgIpc) is 2.91. The van der Waals surface area contributed by atoms with E-state index in [0.29, 0.717) is 5.82 Å². The molecule has 20 heavy (non-hydrogen) atoms. The first-order valence-corrected chi connectivity index (χ1v) is 6.37. The van der Waals surface area contributed by atoms with Crippen LogP contribution in [0.25, 0.3) is 17.1 Å². The summed E-state index contributed by atoms with van der Waals surface area (Å²) < 4.78 is 1.76. The Balaban J connectivity index is 2.15. The number of anilines is 1. The topological polar surface area (TPSA) is 69.6 Å². The first-order chi connectivity index (χ1) is 9.65. The number of aromatic nitrogens is 4. The number of tetrazole rings is 1. The molecule has 0 amide bonds. The van der Waals surface area contributed by atoms with E-state index < -0.39 is 0 Å². The van der Waals surface area contributed by atoms with Gasteiger partial charge in [0.05, 0.1) is 5.69 Å². The summed E-state index contributed by atoms with van der Waals surface area (Å²) in [5.41, 5.74) is 10.7. The van der Waals surface area contributed by atoms with Gasteiger partial charge in [-0.05, 0) is 65.7 Å². The zero-order valence-electron chi connectivity index (χ0n) is 11.4. The molecular formula is C15H15N5. The molecule has 1 aromatic heterocycles. The minimum absolute atomic E-state index is 0.707. The molecule has 0 aliphatic heterocycles. The van der Waals surface area contributed by atoms with Crippen molar-refractivity contribution in [3.05, 3.63) is 53.6 Å². The summed E-state index contributed by atoms with van der Waals surface area (Å²) in [6, 6.07) is 13.7. The van der Waals surface area contributed by atoms with Crippen LogP contribution in [0.5, 0.6) is 0 Å². The molecule has 0 bridgehead atoms. The van der Waals surface area contributed by atoms with Crippen LogP contribution in [-0.4, -0.2) is 20.2 Å². The first kappa shape index (κ1) is 12.3. The molecule has 100 valence electrons. The Kier molecular flexibility index (Phi) is 2.95. The van der Waals surface area contributed by atoms with Crippen LogP contribution in [0.4, 0.5) is 5.69 Å². The molecule has 0 spiro atoms. The summed E-state index contributed by atoms with van der Waals surface area (Å²) in [6.07, 6.45) is 0. The second kappa shape index (κ2) is 4.77. The zero-order chi connectivity index (χ0) is 14.1. The van der Waals surface area contributed by atoms with Crippen molar-refractivity contribution in [2.45, 2.75) is 13.8 Å². The predicted octanol–water partition coefficient (Wildman–Crippen LogP) is 2.53. The highest BCUT2D eigenvalue weighted by Crippen LogP contribution is 2.22. The third-order valence-corrected chi connectivity index (χ3v) is 3.23. The molecule has 5 nitrogen and oxygen atoms in total. The van der Waals surface area contributed by atoms with Gasteiger partial charge in [-0.25, -0.2) is 0 Å². The van der Waals surface area contributed by atoms with E-state index in [1.54, 1.807) is 4.68 Å². The van der Waals surface area contributed by atoms with E-state index >= 15 is 0 Å². The van der Waals surface area contributed by atoms with Crippen LogP contribution in [0.2, 0.25) is 0 Å². The summed E-state index contributed by atoms with van der Waals surface area (Å²) in [5.74, 6) is 0.707. The van der Waals surface area contributed by atoms with Crippen molar-refractivity contribution < 1.29 is 0 Å². The Bertz CT molecular complexity index is 743. The Hall–Kier alpha value is -2.69. The van der Waals surface area contributed by atoms with Crippen LogP contribution >= 0.6 is 0 Å². The number of nitrogen functional groups attached to an aromatic ring is 1. The molecular weight excluding hydrogens is 250 g/mol. The van der Waals surface area contributed by atoms with E-state index in [1.807, 2.05) is 31.2 Å². The van der Waals surface area contributed by atoms with E-state index in [9.17, 15) is 0 Å². The Morgan fingerprint density at radius 1 is 1.00 bits per heavy atom. The number of rotatable bonds is 2. The molecule has 2 aromatic carbocycles. The Morgan fingerprint density at radius 3 is 2.50 bits per heavy atom. The Morgan fingerprint density at radius 2 is 1.75 bits per heavy atom. The maximum Gasteiger partial charge on any atom is 0.187 e. The van der Waals surface area contributed by atoms with Crippen molar-refractivity contribution in [3.63, 3.8) is 0 Å². The fourth-order valence-electron chi connectivity index (χ4n) is 2.11. The zero-order valence-corrected chi connectivity index (χ0v) is 11.4. The van der Waals surface area contributed by atoms with E-state index in [-0.39, 0.29) is 0 Å². The molecule has 0 fully saturated rings. The molecule has 3 rings (SSSR count). The molecule has 1 heterocycles. The van der Waals surface area contributed by atoms with Crippen molar-refractivity contribution in [3.8, 4) is 17.1 Å². The number of benzene rings is 2. The van der Waals surface area contributed by atoms with Crippen LogP contribution in [0.15, 0.2) is 42.5 Å². The third-order valence-electron chi connectivity index (χ3n) is 3.23. The SMILES string of the molecule is Cc1ccc(C)c(-n2nnnc2-c2ccc(N)cc2)c1. The van der Waals surface area contributed by atoms with E-state index in [1.165, 1.54) is 5.56 Å². The van der Waals surface area contributed by atoms with Crippen LogP contribution in [0.1, 0.15) is 11.1 Å². The van der Waals surface area contributed by atoms with E-state index in [4.69, 9.17) is 5.73 Å². The first-order valence-electron chi connectivity index (χ1n) is 6.37. The number of aryl methyl sites for hydroxylation is 2. The highest BCUT2D eigenvalue weighted by atomic mass is 15.5. The molecule has 2 N–H and O–H groups in total. The smallest absolute Gasteiger partial charge is 0.187 e. The van der Waals surface area contributed by atoms with Gasteiger partial charge in [0, 0.05) is 11.3 Å². The largest absolute Gasteiger partial charge is 0.399 e. The van der Waals surface area contributed by atoms with Gasteiger partial charge in [0.15, 0.2) is 5.82 Å². The molecule has 0 radical (unpaired) electrons. The highest BCUT2D eigenvalue weighted by molar-refractivity contribution is 5.61. The Labute approximate surface area is 117 Å². The molecule has 0 unspecified atom stereocenters. The van der Waals surface area contributed by atoms with E-state index in [2.05, 4.69) is 40.6 Å². The molecule has 5 heteroatoms. The van der Waals surface area contributed by atoms with Gasteiger partial charge in [-0.2, -0.15) is 4.68 Å². The molecule has 3 aromatic rings. The number of nitrogens with two attached hydrogens (primary N) is 1. The van der Waals surface area contributed by atoms with Crippen LogP contribution in [0.3, 0.4) is 0 Å². The summed E-state index contributed by atoms with van der Waals surface area (Å²) in [6.45, 7) is 4.10. The summed E-state index contributed by atoms with van der Waals surface area (Å²) in [7, 11) is 0. The van der Waals surface area contributed by atoms with Crippen LogP contribution < -0.4 is 5.73 Å². The lowest BCUT2D eigenvalue weighted by atomic mass is 10.1. The molecule has 0 saturated carbocycles. The van der Waals surface area contributed by atoms with E-state index in [0.717, 1.165) is 22.5 Å². The van der Waals surface area contributed by atoms with Gasteiger partial charge in [-0.15, -0.1) is 5.10 Å². The normalized spacial score (nSPS) is 10.7. The minimum Gasteiger partial charge on any atom is -0.399 e. The van der Waals surface area contributed by atoms with Crippen LogP contribution in [0, 0.1) is 13.8 Å². The summed E-state index contributed by atoms with van der Waals surface area (Å²) in [4.78, 5) is 0. The van der Waals surface area contributed by atoms with Gasteiger partial charge < -0.3 is 5.73 Å². The lowest BCUT2D eigenvalue weighted by Crippen LogP contribution is -2.02. The number of hydrogen-bond donors (Lipinski definition) is 1. The maximum absolute atomic E-state index is 5.71. The second-order valence-electron chi connectivity index (χ2n) is 4.83. The predicted molar refractivity (Wildman–Crippen MR) is 78.5 cm³/mol. The van der Waals surface area contributed by atoms with Crippen molar-refractivity contribution in [1.29, 1.82) is 0 Å². The third kappa shape index (κ3) is 2.14. The van der Waals surface area contributed by atoms with Crippen molar-refractivity contribution in [2.75, 3.05) is 5.73 Å². The lowest BCUT2D eigenvalue weighted by molar-refractivity contribution is 0.787. The fraction of sp³-hybridized carbons (Fsp3) is 0.133. The molecule has 0 saturated heterocycles. The van der Waals surface area contributed by atoms with Gasteiger partial charge in [-0.3, -0.25) is 0 Å². The maximum atomic E-state index is 5.71. The van der Waals surface area contributed by atoms with Crippen molar-refractivity contribution in [1.82, 2.24) is 20.2 Å². The molecule has 0 aliphatic carbocycles. The summed E-state index contributed by atoms with van der Waals surface area (Å²) >= 11 is 0. The van der Waals surface area contributed by atoms with Gasteiger partial charge in [0.1, 0.15) is 0 Å². The number of hydrogen-bond acceptors (Lipinski definition) is 4. The standard InChI is InChI=1S/C15H15N5/c1-10-3-4-11(2)14(9-10)20-15(17-18-19-20)12-5-7-13(16)8-6-12/h3-9H,16H2,1-2H3. The molecule has 0 aliphatic rings. The monoisotopic (exact) mass is 265 g/mol. The number of nitrogens with zero attached hydrogens (tertiary/aromatic N) is 4. The average molecular weight is 265 g/mol. The summed E-state index contributed by atoms with van der Waals surface area (Å²) in [5, 5.41) is 12.0.